The van der Waals surface area contributed by atoms with Crippen molar-refractivity contribution in [1.29, 1.82) is 0 Å². The summed E-state index contributed by atoms with van der Waals surface area (Å²) in [5.74, 6) is -0.581. The Bertz CT molecular complexity index is 617. The molecule has 1 aromatic rings. The molecule has 0 bridgehead atoms. The van der Waals surface area contributed by atoms with Crippen molar-refractivity contribution in [3.63, 3.8) is 0 Å². The van der Waals surface area contributed by atoms with Crippen molar-refractivity contribution >= 4 is 45.6 Å². The zero-order valence-electron chi connectivity index (χ0n) is 11.9. The zero-order chi connectivity index (χ0) is 15.8. The van der Waals surface area contributed by atoms with E-state index in [-0.39, 0.29) is 39.3 Å². The van der Waals surface area contributed by atoms with Gasteiger partial charge < -0.3 is 5.73 Å². The Hall–Kier alpha value is -0.110. The Morgan fingerprint density at radius 3 is 2.41 bits per heavy atom. The quantitative estimate of drug-likeness (QED) is 0.860. The van der Waals surface area contributed by atoms with Gasteiger partial charge in [-0.1, -0.05) is 23.2 Å². The van der Waals surface area contributed by atoms with Crippen LogP contribution in [0.25, 0.3) is 0 Å². The number of hydrogen-bond acceptors (Lipinski definition) is 3. The van der Waals surface area contributed by atoms with Gasteiger partial charge in [-0.25, -0.2) is 12.8 Å². The van der Waals surface area contributed by atoms with E-state index < -0.39 is 15.8 Å². The minimum Gasteiger partial charge on any atom is -0.328 e. The van der Waals surface area contributed by atoms with Gasteiger partial charge in [0, 0.05) is 19.1 Å². The van der Waals surface area contributed by atoms with Gasteiger partial charge in [0.15, 0.2) is 0 Å². The van der Waals surface area contributed by atoms with Crippen molar-refractivity contribution in [2.45, 2.75) is 30.7 Å². The molecule has 2 N–H and O–H groups in total. The van der Waals surface area contributed by atoms with Gasteiger partial charge in [-0.2, -0.15) is 4.31 Å². The van der Waals surface area contributed by atoms with Crippen molar-refractivity contribution in [2.24, 2.45) is 11.7 Å². The second-order valence-corrected chi connectivity index (χ2v) is 8.01. The third-order valence-corrected chi connectivity index (χ3v) is 6.51. The van der Waals surface area contributed by atoms with E-state index in [9.17, 15) is 12.8 Å². The average Bonchev–Trinajstić information content (AvgIpc) is 2.37. The van der Waals surface area contributed by atoms with Gasteiger partial charge >= 0.3 is 0 Å². The number of rotatable bonds is 3. The van der Waals surface area contributed by atoms with Crippen LogP contribution >= 0.6 is 35.6 Å². The second kappa shape index (κ2) is 7.64. The molecule has 1 aliphatic rings. The molecule has 1 heterocycles. The van der Waals surface area contributed by atoms with Crippen LogP contribution in [0.4, 0.5) is 4.39 Å². The summed E-state index contributed by atoms with van der Waals surface area (Å²) in [5, 5.41) is -0.411. The molecule has 1 saturated heterocycles. The van der Waals surface area contributed by atoms with E-state index in [1.807, 2.05) is 6.92 Å². The summed E-state index contributed by atoms with van der Waals surface area (Å²) in [4.78, 5) is -0.238. The van der Waals surface area contributed by atoms with Crippen LogP contribution in [0.5, 0.6) is 0 Å². The molecule has 0 spiro atoms. The van der Waals surface area contributed by atoms with E-state index in [4.69, 9.17) is 28.9 Å². The molecule has 2 unspecified atom stereocenters. The predicted octanol–water partition coefficient (Wildman–Crippen LogP) is 3.30. The first-order valence-electron chi connectivity index (χ1n) is 6.63. The Morgan fingerprint density at radius 2 is 1.91 bits per heavy atom. The van der Waals surface area contributed by atoms with Crippen molar-refractivity contribution in [3.8, 4) is 0 Å². The molecule has 0 radical (unpaired) electrons. The number of nitrogens with zero attached hydrogens (tertiary/aromatic N) is 1. The maximum absolute atomic E-state index is 13.2. The van der Waals surface area contributed by atoms with E-state index in [2.05, 4.69) is 0 Å². The molecule has 126 valence electrons. The van der Waals surface area contributed by atoms with Gasteiger partial charge in [0.2, 0.25) is 10.0 Å². The molecular formula is C13H18Cl3FN2O2S. The Morgan fingerprint density at radius 1 is 1.36 bits per heavy atom. The van der Waals surface area contributed by atoms with Crippen LogP contribution in [-0.4, -0.2) is 31.9 Å². The van der Waals surface area contributed by atoms with Crippen LogP contribution in [0.2, 0.25) is 10.0 Å². The Labute approximate surface area is 146 Å². The molecule has 0 saturated carbocycles. The minimum atomic E-state index is -3.86. The van der Waals surface area contributed by atoms with Crippen LogP contribution in [0, 0.1) is 11.7 Å². The Kier molecular flexibility index (Phi) is 6.92. The number of nitrogens with two attached hydrogens (primary N) is 1. The fraction of sp³-hybridized carbons (Fsp3) is 0.538. The standard InChI is InChI=1S/C13H17Cl2FN2O2S.ClH/c1-8(17)9-3-2-4-18(7-9)21(19,20)13-11(14)5-10(16)6-12(13)15;/h5-6,8-9H,2-4,7,17H2,1H3;1H. The van der Waals surface area contributed by atoms with Crippen LogP contribution in [-0.2, 0) is 10.0 Å². The van der Waals surface area contributed by atoms with Crippen LogP contribution in [0.1, 0.15) is 19.8 Å². The van der Waals surface area contributed by atoms with Gasteiger partial charge in [0.05, 0.1) is 10.0 Å². The molecule has 0 aliphatic carbocycles. The van der Waals surface area contributed by atoms with Crippen molar-refractivity contribution in [1.82, 2.24) is 4.31 Å². The van der Waals surface area contributed by atoms with E-state index in [1.165, 1.54) is 4.31 Å². The molecule has 0 amide bonds. The van der Waals surface area contributed by atoms with Gasteiger partial charge in [-0.05, 0) is 37.8 Å². The molecule has 4 nitrogen and oxygen atoms in total. The lowest BCUT2D eigenvalue weighted by Crippen LogP contribution is -2.45. The van der Waals surface area contributed by atoms with Crippen molar-refractivity contribution in [3.05, 3.63) is 28.0 Å². The normalized spacial score (nSPS) is 21.2. The molecular weight excluding hydrogens is 374 g/mol. The maximum Gasteiger partial charge on any atom is 0.246 e. The highest BCUT2D eigenvalue weighted by Crippen LogP contribution is 2.34. The first kappa shape index (κ1) is 19.9. The maximum atomic E-state index is 13.2. The summed E-state index contributed by atoms with van der Waals surface area (Å²) in [5.41, 5.74) is 5.87. The highest BCUT2D eigenvalue weighted by atomic mass is 35.5. The number of sulfonamides is 1. The molecule has 1 aliphatic heterocycles. The predicted molar refractivity (Wildman–Crippen MR) is 88.8 cm³/mol. The van der Waals surface area contributed by atoms with Gasteiger partial charge in [0.25, 0.3) is 0 Å². The molecule has 1 fully saturated rings. The summed E-state index contributed by atoms with van der Waals surface area (Å²) in [6, 6.07) is 1.81. The molecule has 2 rings (SSSR count). The number of piperidine rings is 1. The van der Waals surface area contributed by atoms with Gasteiger partial charge in [0.1, 0.15) is 10.7 Å². The van der Waals surface area contributed by atoms with E-state index in [1.54, 1.807) is 0 Å². The fourth-order valence-electron chi connectivity index (χ4n) is 2.53. The third-order valence-electron chi connectivity index (χ3n) is 3.73. The smallest absolute Gasteiger partial charge is 0.246 e. The summed E-state index contributed by atoms with van der Waals surface area (Å²) in [7, 11) is -3.86. The van der Waals surface area contributed by atoms with Gasteiger partial charge in [-0.15, -0.1) is 12.4 Å². The molecule has 9 heteroatoms. The van der Waals surface area contributed by atoms with Crippen LogP contribution < -0.4 is 5.73 Å². The largest absolute Gasteiger partial charge is 0.328 e. The summed E-state index contributed by atoms with van der Waals surface area (Å²) >= 11 is 11.8. The highest BCUT2D eigenvalue weighted by Gasteiger charge is 2.34. The first-order chi connectivity index (χ1) is 9.73. The van der Waals surface area contributed by atoms with Gasteiger partial charge in [-0.3, -0.25) is 0 Å². The monoisotopic (exact) mass is 390 g/mol. The minimum absolute atomic E-state index is 0. The second-order valence-electron chi connectivity index (χ2n) is 5.32. The van der Waals surface area contributed by atoms with Crippen LogP contribution in [0.3, 0.4) is 0 Å². The third kappa shape index (κ3) is 4.04. The number of hydrogen-bond donors (Lipinski definition) is 1. The van der Waals surface area contributed by atoms with E-state index in [0.717, 1.165) is 25.0 Å². The van der Waals surface area contributed by atoms with E-state index >= 15 is 0 Å². The zero-order valence-corrected chi connectivity index (χ0v) is 15.1. The van der Waals surface area contributed by atoms with Crippen molar-refractivity contribution in [2.75, 3.05) is 13.1 Å². The molecule has 0 aromatic heterocycles. The SMILES string of the molecule is CC(N)C1CCCN(S(=O)(=O)c2c(Cl)cc(F)cc2Cl)C1.Cl. The lowest BCUT2D eigenvalue weighted by atomic mass is 9.93. The number of halogens is 4. The summed E-state index contributed by atoms with van der Waals surface area (Å²) in [6.45, 7) is 2.57. The van der Waals surface area contributed by atoms with Crippen LogP contribution in [0.15, 0.2) is 17.0 Å². The fourth-order valence-corrected chi connectivity index (χ4v) is 5.20. The lowest BCUT2D eigenvalue weighted by Gasteiger charge is -2.34. The Balaban J connectivity index is 0.00000242. The average molecular weight is 392 g/mol. The summed E-state index contributed by atoms with van der Waals surface area (Å²) < 4.78 is 39.9. The molecule has 1 aromatic carbocycles. The first-order valence-corrected chi connectivity index (χ1v) is 8.83. The highest BCUT2D eigenvalue weighted by molar-refractivity contribution is 7.89. The lowest BCUT2D eigenvalue weighted by molar-refractivity contribution is 0.243. The topological polar surface area (TPSA) is 63.4 Å². The molecule has 22 heavy (non-hydrogen) atoms. The summed E-state index contributed by atoms with van der Waals surface area (Å²) in [6.07, 6.45) is 1.61. The number of benzene rings is 1. The van der Waals surface area contributed by atoms with E-state index in [0.29, 0.717) is 13.1 Å². The molecule has 2 atom stereocenters. The van der Waals surface area contributed by atoms with Crippen molar-refractivity contribution < 1.29 is 12.8 Å².